The molecule has 42 heavy (non-hydrogen) atoms. The lowest BCUT2D eigenvalue weighted by Gasteiger charge is -2.31. The number of rotatable bonds is 10. The summed E-state index contributed by atoms with van der Waals surface area (Å²) in [6, 6.07) is 15.8. The molecule has 11 heteroatoms. The molecular weight excluding hydrogens is 597 g/mol. The zero-order valence-electron chi connectivity index (χ0n) is 22.9. The molecule has 3 amide bonds. The Bertz CT molecular complexity index is 1520. The summed E-state index contributed by atoms with van der Waals surface area (Å²) in [6.07, 6.45) is 5.81. The fourth-order valence-corrected chi connectivity index (χ4v) is 6.02. The molecule has 1 fully saturated rings. The molecule has 1 heterocycles. The highest BCUT2D eigenvalue weighted by atomic mass is 35.5. The molecule has 3 aromatic carbocycles. The summed E-state index contributed by atoms with van der Waals surface area (Å²) in [5, 5.41) is 17.6. The molecule has 0 saturated carbocycles. The van der Waals surface area contributed by atoms with Gasteiger partial charge in [-0.2, -0.15) is 0 Å². The van der Waals surface area contributed by atoms with Gasteiger partial charge in [-0.3, -0.25) is 14.4 Å². The molecule has 3 N–H and O–H groups in total. The van der Waals surface area contributed by atoms with Gasteiger partial charge in [-0.25, -0.2) is 4.79 Å². The van der Waals surface area contributed by atoms with Gasteiger partial charge in [0.2, 0.25) is 17.7 Å². The molecule has 1 saturated heterocycles. The second-order valence-electron chi connectivity index (χ2n) is 9.94. The zero-order chi connectivity index (χ0) is 30.2. The topological polar surface area (TPSA) is 116 Å². The summed E-state index contributed by atoms with van der Waals surface area (Å²) in [4.78, 5) is 52.5. The second kappa shape index (κ2) is 14.6. The van der Waals surface area contributed by atoms with Crippen LogP contribution >= 0.6 is 35.0 Å². The van der Waals surface area contributed by atoms with Crippen LogP contribution in [0.2, 0.25) is 10.0 Å². The summed E-state index contributed by atoms with van der Waals surface area (Å²) in [6.45, 7) is 0.457. The first-order valence-corrected chi connectivity index (χ1v) is 15.4. The van der Waals surface area contributed by atoms with Crippen molar-refractivity contribution in [2.24, 2.45) is 5.92 Å². The summed E-state index contributed by atoms with van der Waals surface area (Å²) < 4.78 is 0. The van der Waals surface area contributed by atoms with Crippen molar-refractivity contribution in [3.05, 3.63) is 81.8 Å². The van der Waals surface area contributed by atoms with Crippen LogP contribution in [0, 0.1) is 5.92 Å². The lowest BCUT2D eigenvalue weighted by atomic mass is 9.95. The Kier molecular flexibility index (Phi) is 10.9. The number of carbonyl (C=O) groups is 4. The van der Waals surface area contributed by atoms with Crippen LogP contribution in [0.1, 0.15) is 24.0 Å². The van der Waals surface area contributed by atoms with Crippen LogP contribution in [0.4, 0.5) is 0 Å². The number of carboxylic acid groups (broad SMARTS) is 1. The fraction of sp³-hybridized carbons (Fsp3) is 0.290. The van der Waals surface area contributed by atoms with Crippen LogP contribution in [0.15, 0.2) is 65.6 Å². The molecule has 0 radical (unpaired) electrons. The molecule has 3 aromatic rings. The van der Waals surface area contributed by atoms with Gasteiger partial charge in [-0.1, -0.05) is 71.7 Å². The van der Waals surface area contributed by atoms with Crippen molar-refractivity contribution in [1.82, 2.24) is 15.5 Å². The maximum absolute atomic E-state index is 12.9. The molecule has 1 atom stereocenters. The zero-order valence-corrected chi connectivity index (χ0v) is 25.3. The van der Waals surface area contributed by atoms with Crippen LogP contribution in [0.25, 0.3) is 16.8 Å². The number of nitrogens with one attached hydrogen (secondary N) is 2. The predicted molar refractivity (Wildman–Crippen MR) is 167 cm³/mol. The van der Waals surface area contributed by atoms with Gasteiger partial charge in [0.1, 0.15) is 6.04 Å². The molecule has 220 valence electrons. The monoisotopic (exact) mass is 627 g/mol. The number of piperidine rings is 1. The summed E-state index contributed by atoms with van der Waals surface area (Å²) in [5.74, 6) is -2.65. The SMILES string of the molecule is CSc1ccc(C=CC(=O)N2CCC(C(=O)NC(CNC(=O)Cc3cccc4ccccc34)C(=O)O)CC2)c(Cl)c1Cl. The van der Waals surface area contributed by atoms with E-state index in [4.69, 9.17) is 23.2 Å². The molecular formula is C31H31Cl2N3O5S. The fourth-order valence-electron chi connectivity index (χ4n) is 4.85. The van der Waals surface area contributed by atoms with Gasteiger partial charge < -0.3 is 20.6 Å². The van der Waals surface area contributed by atoms with Crippen molar-refractivity contribution < 1.29 is 24.3 Å². The Morgan fingerprint density at radius 1 is 1.02 bits per heavy atom. The molecule has 0 aromatic heterocycles. The highest BCUT2D eigenvalue weighted by Gasteiger charge is 2.30. The van der Waals surface area contributed by atoms with Gasteiger partial charge in [-0.05, 0) is 53.1 Å². The van der Waals surface area contributed by atoms with E-state index in [1.165, 1.54) is 17.8 Å². The number of thioether (sulfide) groups is 1. The Balaban J connectivity index is 1.26. The lowest BCUT2D eigenvalue weighted by molar-refractivity contribution is -0.142. The number of amides is 3. The molecule has 8 nitrogen and oxygen atoms in total. The minimum Gasteiger partial charge on any atom is -0.480 e. The van der Waals surface area contributed by atoms with Gasteiger partial charge in [-0.15, -0.1) is 11.8 Å². The average Bonchev–Trinajstić information content (AvgIpc) is 2.99. The number of aliphatic carboxylic acids is 1. The van der Waals surface area contributed by atoms with E-state index in [2.05, 4.69) is 10.6 Å². The van der Waals surface area contributed by atoms with E-state index in [-0.39, 0.29) is 24.8 Å². The third-order valence-corrected chi connectivity index (χ3v) is 9.02. The number of fused-ring (bicyclic) bond motifs is 1. The molecule has 4 rings (SSSR count). The van der Waals surface area contributed by atoms with Crippen LogP contribution in [0.5, 0.6) is 0 Å². The van der Waals surface area contributed by atoms with Gasteiger partial charge in [0.05, 0.1) is 16.5 Å². The second-order valence-corrected chi connectivity index (χ2v) is 11.5. The van der Waals surface area contributed by atoms with Crippen LogP contribution in [0.3, 0.4) is 0 Å². The first-order chi connectivity index (χ1) is 20.2. The Hall–Kier alpha value is -3.53. The Morgan fingerprint density at radius 2 is 1.74 bits per heavy atom. The molecule has 0 bridgehead atoms. The maximum atomic E-state index is 12.9. The molecule has 1 aliphatic heterocycles. The van der Waals surface area contributed by atoms with Crippen molar-refractivity contribution in [3.8, 4) is 0 Å². The summed E-state index contributed by atoms with van der Waals surface area (Å²) >= 11 is 14.1. The first-order valence-electron chi connectivity index (χ1n) is 13.4. The number of carbonyl (C=O) groups excluding carboxylic acids is 3. The lowest BCUT2D eigenvalue weighted by Crippen LogP contribution is -2.51. The Morgan fingerprint density at radius 3 is 2.45 bits per heavy atom. The van der Waals surface area contributed by atoms with E-state index in [0.717, 1.165) is 21.2 Å². The van der Waals surface area contributed by atoms with Crippen molar-refractivity contribution in [2.45, 2.75) is 30.2 Å². The number of hydrogen-bond acceptors (Lipinski definition) is 5. The molecule has 0 aliphatic carbocycles. The predicted octanol–water partition coefficient (Wildman–Crippen LogP) is 5.05. The number of hydrogen-bond donors (Lipinski definition) is 3. The highest BCUT2D eigenvalue weighted by molar-refractivity contribution is 7.98. The number of likely N-dealkylation sites (tertiary alicyclic amines) is 1. The normalized spacial score (nSPS) is 14.6. The van der Waals surface area contributed by atoms with E-state index < -0.39 is 23.8 Å². The molecule has 1 unspecified atom stereocenters. The van der Waals surface area contributed by atoms with E-state index in [1.54, 1.807) is 17.0 Å². The number of carboxylic acids is 1. The van der Waals surface area contributed by atoms with Crippen molar-refractivity contribution in [1.29, 1.82) is 0 Å². The molecule has 0 spiro atoms. The minimum atomic E-state index is -1.27. The van der Waals surface area contributed by atoms with E-state index in [9.17, 15) is 24.3 Å². The first kappa shape index (κ1) is 31.4. The molecule has 1 aliphatic rings. The van der Waals surface area contributed by atoms with Crippen LogP contribution in [-0.2, 0) is 25.6 Å². The van der Waals surface area contributed by atoms with Gasteiger partial charge >= 0.3 is 5.97 Å². The number of nitrogens with zero attached hydrogens (tertiary/aromatic N) is 1. The third kappa shape index (κ3) is 7.85. The quantitative estimate of drug-likeness (QED) is 0.214. The average molecular weight is 629 g/mol. The van der Waals surface area contributed by atoms with Crippen molar-refractivity contribution >= 4 is 75.5 Å². The number of benzene rings is 3. The summed E-state index contributed by atoms with van der Waals surface area (Å²) in [5.41, 5.74) is 1.46. The van der Waals surface area contributed by atoms with Gasteiger partial charge in [0, 0.05) is 36.5 Å². The standard InChI is InChI=1S/C31H31Cl2N3O5S/c1-42-25-11-9-20(28(32)29(25)33)10-12-27(38)36-15-13-21(14-16-36)30(39)35-24(31(40)41)18-34-26(37)17-22-7-4-6-19-5-2-3-8-23(19)22/h2-12,21,24H,13-18H2,1H3,(H,34,37)(H,35,39)(H,40,41). The largest absolute Gasteiger partial charge is 0.480 e. The summed E-state index contributed by atoms with van der Waals surface area (Å²) in [7, 11) is 0. The van der Waals surface area contributed by atoms with Gasteiger partial charge in [0.25, 0.3) is 0 Å². The maximum Gasteiger partial charge on any atom is 0.328 e. The smallest absolute Gasteiger partial charge is 0.328 e. The van der Waals surface area contributed by atoms with Crippen molar-refractivity contribution in [3.63, 3.8) is 0 Å². The number of halogens is 2. The van der Waals surface area contributed by atoms with E-state index in [0.29, 0.717) is 41.5 Å². The highest BCUT2D eigenvalue weighted by Crippen LogP contribution is 2.35. The van der Waals surface area contributed by atoms with Crippen LogP contribution in [-0.4, -0.2) is 65.6 Å². The van der Waals surface area contributed by atoms with Crippen molar-refractivity contribution in [2.75, 3.05) is 25.9 Å². The van der Waals surface area contributed by atoms with Gasteiger partial charge in [0.15, 0.2) is 0 Å². The Labute approximate surface area is 258 Å². The van der Waals surface area contributed by atoms with E-state index in [1.807, 2.05) is 54.8 Å². The minimum absolute atomic E-state index is 0.0882. The third-order valence-electron chi connectivity index (χ3n) is 7.23. The van der Waals surface area contributed by atoms with Crippen LogP contribution < -0.4 is 10.6 Å². The van der Waals surface area contributed by atoms with E-state index >= 15 is 0 Å².